The second-order valence-corrected chi connectivity index (χ2v) is 5.52. The molecule has 2 N–H and O–H groups in total. The maximum absolute atomic E-state index is 12.5. The van der Waals surface area contributed by atoms with Gasteiger partial charge < -0.3 is 15.4 Å². The molecular weight excluding hydrogens is 252 g/mol. The molecule has 0 bridgehead atoms. The number of hydrogen-bond donors (Lipinski definition) is 1. The van der Waals surface area contributed by atoms with Crippen molar-refractivity contribution in [1.82, 2.24) is 4.90 Å². The molecule has 20 heavy (non-hydrogen) atoms. The summed E-state index contributed by atoms with van der Waals surface area (Å²) < 4.78 is 5.17. The summed E-state index contributed by atoms with van der Waals surface area (Å²) in [6.07, 6.45) is 4.72. The molecule has 0 radical (unpaired) electrons. The van der Waals surface area contributed by atoms with Crippen LogP contribution in [0.3, 0.4) is 0 Å². The number of nitrogens with two attached hydrogens (primary N) is 1. The summed E-state index contributed by atoms with van der Waals surface area (Å²) in [6.45, 7) is 3.91. The van der Waals surface area contributed by atoms with Gasteiger partial charge in [-0.25, -0.2) is 0 Å². The fourth-order valence-electron chi connectivity index (χ4n) is 2.88. The molecule has 0 spiro atoms. The predicted molar refractivity (Wildman–Crippen MR) is 80.9 cm³/mol. The summed E-state index contributed by atoms with van der Waals surface area (Å²) in [7, 11) is 1.58. The van der Waals surface area contributed by atoms with Crippen molar-refractivity contribution < 1.29 is 9.53 Å². The summed E-state index contributed by atoms with van der Waals surface area (Å²) in [6, 6.07) is 5.21. The number of ether oxygens (including phenoxy) is 1. The summed E-state index contributed by atoms with van der Waals surface area (Å²) in [5.74, 6) is 1.47. The molecule has 2 rings (SSSR count). The molecule has 1 aromatic carbocycles. The van der Waals surface area contributed by atoms with E-state index in [1.807, 2.05) is 4.90 Å². The highest BCUT2D eigenvalue weighted by Gasteiger charge is 2.23. The first-order chi connectivity index (χ1) is 9.63. The Kier molecular flexibility index (Phi) is 4.88. The molecule has 4 heteroatoms. The average molecular weight is 276 g/mol. The maximum Gasteiger partial charge on any atom is 0.254 e. The molecule has 1 aliphatic heterocycles. The lowest BCUT2D eigenvalue weighted by Crippen LogP contribution is -2.38. The molecule has 1 aromatic rings. The van der Waals surface area contributed by atoms with Gasteiger partial charge in [-0.3, -0.25) is 4.79 Å². The van der Waals surface area contributed by atoms with Crippen LogP contribution in [0, 0.1) is 5.92 Å². The van der Waals surface area contributed by atoms with Crippen LogP contribution in [-0.2, 0) is 0 Å². The van der Waals surface area contributed by atoms with E-state index in [-0.39, 0.29) is 5.91 Å². The number of hydrogen-bond acceptors (Lipinski definition) is 3. The van der Waals surface area contributed by atoms with Crippen LogP contribution >= 0.6 is 0 Å². The van der Waals surface area contributed by atoms with Gasteiger partial charge >= 0.3 is 0 Å². The summed E-state index contributed by atoms with van der Waals surface area (Å²) >= 11 is 0. The zero-order valence-corrected chi connectivity index (χ0v) is 12.4. The molecule has 110 valence electrons. The van der Waals surface area contributed by atoms with E-state index in [1.54, 1.807) is 25.3 Å². The predicted octanol–water partition coefficient (Wildman–Crippen LogP) is 2.93. The summed E-state index contributed by atoms with van der Waals surface area (Å²) in [5, 5.41) is 0. The third-order valence-electron chi connectivity index (χ3n) is 4.01. The Balaban J connectivity index is 2.03. The number of carbonyl (C=O) groups is 1. The number of anilines is 1. The highest BCUT2D eigenvalue weighted by molar-refractivity contribution is 5.95. The van der Waals surface area contributed by atoms with Gasteiger partial charge in [0.25, 0.3) is 5.91 Å². The van der Waals surface area contributed by atoms with Crippen molar-refractivity contribution >= 4 is 11.6 Å². The summed E-state index contributed by atoms with van der Waals surface area (Å²) in [4.78, 5) is 14.4. The standard InChI is InChI=1S/C16H24N2O2/c1-3-4-12-5-7-18(8-6-12)16(19)13-9-14(17)11-15(10-13)20-2/h9-12H,3-8,17H2,1-2H3. The molecule has 1 fully saturated rings. The Bertz CT molecular complexity index is 466. The second kappa shape index (κ2) is 6.64. The van der Waals surface area contributed by atoms with E-state index in [0.29, 0.717) is 17.0 Å². The van der Waals surface area contributed by atoms with Crippen molar-refractivity contribution in [2.24, 2.45) is 5.92 Å². The fraction of sp³-hybridized carbons (Fsp3) is 0.562. The maximum atomic E-state index is 12.5. The van der Waals surface area contributed by atoms with Crippen molar-refractivity contribution in [2.45, 2.75) is 32.6 Å². The quantitative estimate of drug-likeness (QED) is 0.860. The first kappa shape index (κ1) is 14.7. The van der Waals surface area contributed by atoms with E-state index in [9.17, 15) is 4.79 Å². The zero-order chi connectivity index (χ0) is 14.5. The number of carbonyl (C=O) groups excluding carboxylic acids is 1. The molecule has 0 atom stereocenters. The number of rotatable bonds is 4. The Hall–Kier alpha value is -1.71. The van der Waals surface area contributed by atoms with Crippen LogP contribution in [0.4, 0.5) is 5.69 Å². The Morgan fingerprint density at radius 2 is 2.05 bits per heavy atom. The number of amides is 1. The lowest BCUT2D eigenvalue weighted by atomic mass is 9.92. The van der Waals surface area contributed by atoms with Gasteiger partial charge in [-0.15, -0.1) is 0 Å². The van der Waals surface area contributed by atoms with Gasteiger partial charge in [0.2, 0.25) is 0 Å². The normalized spacial score (nSPS) is 16.2. The smallest absolute Gasteiger partial charge is 0.254 e. The molecule has 4 nitrogen and oxygen atoms in total. The highest BCUT2D eigenvalue weighted by atomic mass is 16.5. The van der Waals surface area contributed by atoms with Crippen LogP contribution in [-0.4, -0.2) is 31.0 Å². The first-order valence-corrected chi connectivity index (χ1v) is 7.38. The molecule has 1 heterocycles. The van der Waals surface area contributed by atoms with Crippen LogP contribution in [0.2, 0.25) is 0 Å². The van der Waals surface area contributed by atoms with Crippen LogP contribution < -0.4 is 10.5 Å². The van der Waals surface area contributed by atoms with Crippen molar-refractivity contribution in [3.05, 3.63) is 23.8 Å². The minimum Gasteiger partial charge on any atom is -0.497 e. The van der Waals surface area contributed by atoms with Crippen molar-refractivity contribution in [3.8, 4) is 5.75 Å². The van der Waals surface area contributed by atoms with E-state index in [4.69, 9.17) is 10.5 Å². The number of likely N-dealkylation sites (tertiary alicyclic amines) is 1. The van der Waals surface area contributed by atoms with Gasteiger partial charge in [0.1, 0.15) is 5.75 Å². The second-order valence-electron chi connectivity index (χ2n) is 5.52. The van der Waals surface area contributed by atoms with Crippen molar-refractivity contribution in [1.29, 1.82) is 0 Å². The summed E-state index contributed by atoms with van der Waals surface area (Å²) in [5.41, 5.74) is 7.00. The minimum absolute atomic E-state index is 0.0607. The minimum atomic E-state index is 0.0607. The van der Waals surface area contributed by atoms with Gasteiger partial charge in [0, 0.05) is 30.4 Å². The Morgan fingerprint density at radius 1 is 1.35 bits per heavy atom. The monoisotopic (exact) mass is 276 g/mol. The van der Waals surface area contributed by atoms with Gasteiger partial charge in [0.05, 0.1) is 7.11 Å². The fourth-order valence-corrected chi connectivity index (χ4v) is 2.88. The van der Waals surface area contributed by atoms with Gasteiger partial charge in [0.15, 0.2) is 0 Å². The highest BCUT2D eigenvalue weighted by Crippen LogP contribution is 2.25. The molecule has 0 unspecified atom stereocenters. The lowest BCUT2D eigenvalue weighted by molar-refractivity contribution is 0.0686. The molecule has 0 aliphatic carbocycles. The molecule has 0 saturated carbocycles. The molecule has 0 aromatic heterocycles. The number of benzene rings is 1. The third kappa shape index (κ3) is 3.44. The molecular formula is C16H24N2O2. The lowest BCUT2D eigenvalue weighted by Gasteiger charge is -2.32. The Morgan fingerprint density at radius 3 is 2.65 bits per heavy atom. The molecule has 1 amide bonds. The number of methoxy groups -OCH3 is 1. The Labute approximate surface area is 120 Å². The SMILES string of the molecule is CCCC1CCN(C(=O)c2cc(N)cc(OC)c2)CC1. The van der Waals surface area contributed by atoms with E-state index in [1.165, 1.54) is 12.8 Å². The molecule has 1 saturated heterocycles. The van der Waals surface area contributed by atoms with Crippen LogP contribution in [0.5, 0.6) is 5.75 Å². The topological polar surface area (TPSA) is 55.6 Å². The van der Waals surface area contributed by atoms with Crippen LogP contribution in [0.1, 0.15) is 43.0 Å². The van der Waals surface area contributed by atoms with Crippen molar-refractivity contribution in [3.63, 3.8) is 0 Å². The van der Waals surface area contributed by atoms with E-state index in [0.717, 1.165) is 31.8 Å². The van der Waals surface area contributed by atoms with Crippen molar-refractivity contribution in [2.75, 3.05) is 25.9 Å². The first-order valence-electron chi connectivity index (χ1n) is 7.38. The van der Waals surface area contributed by atoms with Gasteiger partial charge in [-0.1, -0.05) is 19.8 Å². The largest absolute Gasteiger partial charge is 0.497 e. The third-order valence-corrected chi connectivity index (χ3v) is 4.01. The number of nitrogens with zero attached hydrogens (tertiary/aromatic N) is 1. The van der Waals surface area contributed by atoms with E-state index < -0.39 is 0 Å². The van der Waals surface area contributed by atoms with Gasteiger partial charge in [-0.05, 0) is 30.9 Å². The number of nitrogen functional groups attached to an aromatic ring is 1. The van der Waals surface area contributed by atoms with Gasteiger partial charge in [-0.2, -0.15) is 0 Å². The van der Waals surface area contributed by atoms with E-state index >= 15 is 0 Å². The zero-order valence-electron chi connectivity index (χ0n) is 12.4. The van der Waals surface area contributed by atoms with Crippen LogP contribution in [0.15, 0.2) is 18.2 Å². The molecule has 1 aliphatic rings. The van der Waals surface area contributed by atoms with Crippen LogP contribution in [0.25, 0.3) is 0 Å². The number of piperidine rings is 1. The average Bonchev–Trinajstić information content (AvgIpc) is 2.47. The van der Waals surface area contributed by atoms with E-state index in [2.05, 4.69) is 6.92 Å².